The fourth-order valence-electron chi connectivity index (χ4n) is 4.18. The number of fused-ring (bicyclic) bond motifs is 1. The summed E-state index contributed by atoms with van der Waals surface area (Å²) >= 11 is 0. The Hall–Kier alpha value is -4.17. The molecule has 0 aliphatic carbocycles. The van der Waals surface area contributed by atoms with Crippen molar-refractivity contribution in [2.45, 2.75) is 25.2 Å². The predicted molar refractivity (Wildman–Crippen MR) is 145 cm³/mol. The topological polar surface area (TPSA) is 113 Å². The Bertz CT molecular complexity index is 1560. The molecule has 0 fully saturated rings. The number of aromatic hydroxyl groups is 1. The molecule has 0 saturated carbocycles. The van der Waals surface area contributed by atoms with Crippen LogP contribution in [-0.2, 0) is 16.4 Å². The van der Waals surface area contributed by atoms with E-state index in [1.165, 1.54) is 12.1 Å². The van der Waals surface area contributed by atoms with Crippen LogP contribution < -0.4 is 10.0 Å². The van der Waals surface area contributed by atoms with Gasteiger partial charge in [-0.15, -0.1) is 0 Å². The molecule has 0 radical (unpaired) electrons. The predicted octanol–water partition coefficient (Wildman–Crippen LogP) is 5.16. The van der Waals surface area contributed by atoms with Gasteiger partial charge in [-0.25, -0.2) is 8.42 Å². The van der Waals surface area contributed by atoms with Gasteiger partial charge in [0.25, 0.3) is 15.9 Å². The van der Waals surface area contributed by atoms with Gasteiger partial charge in [0, 0.05) is 23.2 Å². The van der Waals surface area contributed by atoms with Crippen LogP contribution in [0.25, 0.3) is 10.8 Å². The number of carbonyl (C=O) groups is 2. The van der Waals surface area contributed by atoms with Crippen molar-refractivity contribution in [3.63, 3.8) is 0 Å². The summed E-state index contributed by atoms with van der Waals surface area (Å²) < 4.78 is 28.9. The number of aldehydes is 1. The molecule has 190 valence electrons. The van der Waals surface area contributed by atoms with Crippen LogP contribution in [0.4, 0.5) is 5.69 Å². The maximum Gasteiger partial charge on any atom is 0.262 e. The molecule has 4 aromatic carbocycles. The van der Waals surface area contributed by atoms with Crippen molar-refractivity contribution in [3.05, 3.63) is 102 Å². The second-order valence-electron chi connectivity index (χ2n) is 9.70. The number of hydrogen-bond donors (Lipinski definition) is 3. The fraction of sp³-hybridized carbons (Fsp3) is 0.172. The van der Waals surface area contributed by atoms with Gasteiger partial charge < -0.3 is 10.4 Å². The molecule has 0 heterocycles. The minimum absolute atomic E-state index is 0.0648. The smallest absolute Gasteiger partial charge is 0.262 e. The van der Waals surface area contributed by atoms with E-state index in [2.05, 4.69) is 10.0 Å². The molecule has 0 aromatic heterocycles. The van der Waals surface area contributed by atoms with Gasteiger partial charge in [-0.2, -0.15) is 0 Å². The lowest BCUT2D eigenvalue weighted by Gasteiger charge is -2.25. The van der Waals surface area contributed by atoms with E-state index in [4.69, 9.17) is 0 Å². The van der Waals surface area contributed by atoms with Crippen LogP contribution in [0, 0.1) is 5.41 Å². The number of anilines is 1. The van der Waals surface area contributed by atoms with Crippen LogP contribution >= 0.6 is 0 Å². The van der Waals surface area contributed by atoms with Crippen LogP contribution in [0.1, 0.15) is 40.1 Å². The number of rotatable bonds is 9. The molecule has 3 N–H and O–H groups in total. The minimum atomic E-state index is -3.86. The average Bonchev–Trinajstić information content (AvgIpc) is 2.87. The van der Waals surface area contributed by atoms with Crippen LogP contribution in [0.5, 0.6) is 5.75 Å². The minimum Gasteiger partial charge on any atom is -0.507 e. The Labute approximate surface area is 216 Å². The summed E-state index contributed by atoms with van der Waals surface area (Å²) in [4.78, 5) is 23.6. The van der Waals surface area contributed by atoms with Gasteiger partial charge in [0.1, 0.15) is 12.0 Å². The number of nitrogens with one attached hydrogen (secondary N) is 2. The molecule has 1 amide bonds. The number of para-hydroxylation sites is 1. The maximum absolute atomic E-state index is 13.1. The van der Waals surface area contributed by atoms with Gasteiger partial charge in [-0.05, 0) is 59.2 Å². The lowest BCUT2D eigenvalue weighted by atomic mass is 9.85. The highest BCUT2D eigenvalue weighted by atomic mass is 32.2. The van der Waals surface area contributed by atoms with Crippen molar-refractivity contribution >= 4 is 38.7 Å². The molecule has 0 bridgehead atoms. The second-order valence-corrected chi connectivity index (χ2v) is 11.3. The van der Waals surface area contributed by atoms with Crippen molar-refractivity contribution in [3.8, 4) is 5.75 Å². The molecule has 8 heteroatoms. The molecule has 0 atom stereocenters. The molecule has 7 nitrogen and oxygen atoms in total. The van der Waals surface area contributed by atoms with Crippen LogP contribution in [0.2, 0.25) is 0 Å². The van der Waals surface area contributed by atoms with E-state index in [0.717, 1.165) is 11.8 Å². The zero-order valence-electron chi connectivity index (χ0n) is 20.6. The fourth-order valence-corrected chi connectivity index (χ4v) is 5.47. The third-order valence-electron chi connectivity index (χ3n) is 6.06. The zero-order chi connectivity index (χ0) is 26.6. The summed E-state index contributed by atoms with van der Waals surface area (Å²) in [6.07, 6.45) is 1.37. The number of sulfonamides is 1. The highest BCUT2D eigenvalue weighted by Crippen LogP contribution is 2.27. The standard InChI is InChI=1S/C29H28N2O5S/c1-29(2,19-30-28(34)25-7-3-4-8-26(25)33)17-20-10-13-23(14-11-20)31-37(35,36)27-9-5-6-22-16-21(18-32)12-15-24(22)27/h3-16,18,31,33H,17,19H2,1-2H3,(H,30,34). The maximum atomic E-state index is 13.1. The first-order chi connectivity index (χ1) is 17.6. The molecule has 0 aliphatic heterocycles. The SMILES string of the molecule is CC(C)(CNC(=O)c1ccccc1O)Cc1ccc(NS(=O)(=O)c2cccc3cc(C=O)ccc23)cc1. The zero-order valence-corrected chi connectivity index (χ0v) is 21.4. The first-order valence-corrected chi connectivity index (χ1v) is 13.2. The Kier molecular flexibility index (Phi) is 7.31. The number of phenols is 1. The van der Waals surface area contributed by atoms with E-state index in [1.54, 1.807) is 60.7 Å². The lowest BCUT2D eigenvalue weighted by Crippen LogP contribution is -2.35. The van der Waals surface area contributed by atoms with Gasteiger partial charge in [-0.3, -0.25) is 14.3 Å². The molecule has 0 unspecified atom stereocenters. The summed E-state index contributed by atoms with van der Waals surface area (Å²) in [7, 11) is -3.86. The monoisotopic (exact) mass is 516 g/mol. The summed E-state index contributed by atoms with van der Waals surface area (Å²) in [5, 5.41) is 13.9. The van der Waals surface area contributed by atoms with Crippen LogP contribution in [-0.4, -0.2) is 32.3 Å². The normalized spacial score (nSPS) is 11.7. The molecule has 4 aromatic rings. The third kappa shape index (κ3) is 6.16. The molecule has 0 saturated heterocycles. The summed E-state index contributed by atoms with van der Waals surface area (Å²) in [6, 6.07) is 23.3. The van der Waals surface area contributed by atoms with Gasteiger partial charge in [0.2, 0.25) is 0 Å². The largest absolute Gasteiger partial charge is 0.507 e. The number of amides is 1. The van der Waals surface area contributed by atoms with E-state index in [0.29, 0.717) is 35.0 Å². The average molecular weight is 517 g/mol. The van der Waals surface area contributed by atoms with E-state index in [-0.39, 0.29) is 27.5 Å². The van der Waals surface area contributed by atoms with Gasteiger partial charge >= 0.3 is 0 Å². The Morgan fingerprint density at radius 3 is 2.38 bits per heavy atom. The van der Waals surface area contributed by atoms with E-state index < -0.39 is 10.0 Å². The van der Waals surface area contributed by atoms with Crippen molar-refractivity contribution in [2.75, 3.05) is 11.3 Å². The molecular weight excluding hydrogens is 488 g/mol. The van der Waals surface area contributed by atoms with Crippen molar-refractivity contribution in [1.29, 1.82) is 0 Å². The van der Waals surface area contributed by atoms with E-state index in [1.807, 2.05) is 26.0 Å². The van der Waals surface area contributed by atoms with Crippen molar-refractivity contribution < 1.29 is 23.1 Å². The molecule has 0 spiro atoms. The molecule has 37 heavy (non-hydrogen) atoms. The van der Waals surface area contributed by atoms with E-state index in [9.17, 15) is 23.1 Å². The number of carbonyl (C=O) groups excluding carboxylic acids is 2. The third-order valence-corrected chi connectivity index (χ3v) is 7.49. The number of benzene rings is 4. The first kappa shape index (κ1) is 25.9. The van der Waals surface area contributed by atoms with Gasteiger partial charge in [0.15, 0.2) is 0 Å². The van der Waals surface area contributed by atoms with Crippen molar-refractivity contribution in [1.82, 2.24) is 5.32 Å². The Balaban J connectivity index is 1.43. The van der Waals surface area contributed by atoms with E-state index >= 15 is 0 Å². The van der Waals surface area contributed by atoms with Gasteiger partial charge in [0.05, 0.1) is 10.5 Å². The van der Waals surface area contributed by atoms with Crippen LogP contribution in [0.15, 0.2) is 89.8 Å². The Morgan fingerprint density at radius 2 is 1.68 bits per heavy atom. The first-order valence-electron chi connectivity index (χ1n) is 11.7. The van der Waals surface area contributed by atoms with Crippen LogP contribution in [0.3, 0.4) is 0 Å². The van der Waals surface area contributed by atoms with Crippen molar-refractivity contribution in [2.24, 2.45) is 5.41 Å². The quantitative estimate of drug-likeness (QED) is 0.266. The lowest BCUT2D eigenvalue weighted by molar-refractivity contribution is 0.0933. The summed E-state index contributed by atoms with van der Waals surface area (Å²) in [5.74, 6) is -0.406. The molecular formula is C29H28N2O5S. The second kappa shape index (κ2) is 10.4. The number of phenolic OH excluding ortho intramolecular Hbond substituents is 1. The summed E-state index contributed by atoms with van der Waals surface area (Å²) in [6.45, 7) is 4.43. The highest BCUT2D eigenvalue weighted by molar-refractivity contribution is 7.93. The molecule has 4 rings (SSSR count). The molecule has 0 aliphatic rings. The number of hydrogen-bond acceptors (Lipinski definition) is 5. The highest BCUT2D eigenvalue weighted by Gasteiger charge is 2.22. The Morgan fingerprint density at radius 1 is 0.946 bits per heavy atom. The summed E-state index contributed by atoms with van der Waals surface area (Å²) in [5.41, 5.74) is 1.83. The van der Waals surface area contributed by atoms with Gasteiger partial charge in [-0.1, -0.05) is 62.4 Å².